The van der Waals surface area contributed by atoms with Crippen molar-refractivity contribution in [3.05, 3.63) is 78.9 Å². The van der Waals surface area contributed by atoms with Gasteiger partial charge in [0.05, 0.1) is 15.4 Å². The minimum absolute atomic E-state index is 0.00892. The summed E-state index contributed by atoms with van der Waals surface area (Å²) >= 11 is 0. The predicted octanol–water partition coefficient (Wildman–Crippen LogP) is 2.91. The van der Waals surface area contributed by atoms with Crippen LogP contribution in [0.25, 0.3) is 0 Å². The van der Waals surface area contributed by atoms with E-state index in [1.807, 2.05) is 18.2 Å². The number of amides is 2. The molecule has 1 N–H and O–H groups in total. The molecule has 2 aromatic carbocycles. The standard InChI is InChI=1S/C21H22N4O6/c1-14-18(24(28)29)11-17(12-19(14)25(30)31)21(27)22-9-4-7-20(26)23-10-8-15-5-2-3-6-16(15)13-23/h2-3,5-6,11-12H,4,7-10,13H2,1H3,(H,22,27). The summed E-state index contributed by atoms with van der Waals surface area (Å²) in [5.74, 6) is -0.670. The maximum absolute atomic E-state index is 12.5. The molecule has 162 valence electrons. The van der Waals surface area contributed by atoms with Gasteiger partial charge in [0.15, 0.2) is 0 Å². The van der Waals surface area contributed by atoms with Crippen molar-refractivity contribution in [2.24, 2.45) is 0 Å². The van der Waals surface area contributed by atoms with Gasteiger partial charge < -0.3 is 10.2 Å². The van der Waals surface area contributed by atoms with Gasteiger partial charge in [-0.1, -0.05) is 24.3 Å². The summed E-state index contributed by atoms with van der Waals surface area (Å²) < 4.78 is 0. The van der Waals surface area contributed by atoms with Crippen LogP contribution >= 0.6 is 0 Å². The molecule has 0 radical (unpaired) electrons. The van der Waals surface area contributed by atoms with Crippen molar-refractivity contribution >= 4 is 23.2 Å². The molecule has 0 atom stereocenters. The fourth-order valence-electron chi connectivity index (χ4n) is 3.60. The van der Waals surface area contributed by atoms with Gasteiger partial charge in [0.25, 0.3) is 17.3 Å². The monoisotopic (exact) mass is 426 g/mol. The van der Waals surface area contributed by atoms with Crippen LogP contribution in [-0.4, -0.2) is 39.7 Å². The second kappa shape index (κ2) is 9.33. The van der Waals surface area contributed by atoms with Crippen LogP contribution in [0.5, 0.6) is 0 Å². The van der Waals surface area contributed by atoms with E-state index in [-0.39, 0.29) is 30.0 Å². The van der Waals surface area contributed by atoms with E-state index in [9.17, 15) is 29.8 Å². The topological polar surface area (TPSA) is 136 Å². The van der Waals surface area contributed by atoms with Crippen LogP contribution in [-0.2, 0) is 17.8 Å². The van der Waals surface area contributed by atoms with E-state index >= 15 is 0 Å². The van der Waals surface area contributed by atoms with Gasteiger partial charge in [-0.05, 0) is 30.9 Å². The predicted molar refractivity (Wildman–Crippen MR) is 112 cm³/mol. The molecule has 2 amide bonds. The van der Waals surface area contributed by atoms with E-state index in [1.165, 1.54) is 12.5 Å². The highest BCUT2D eigenvalue weighted by atomic mass is 16.6. The molecule has 10 nitrogen and oxygen atoms in total. The average molecular weight is 426 g/mol. The van der Waals surface area contributed by atoms with Crippen molar-refractivity contribution < 1.29 is 19.4 Å². The van der Waals surface area contributed by atoms with Crippen molar-refractivity contribution in [1.82, 2.24) is 10.2 Å². The van der Waals surface area contributed by atoms with Gasteiger partial charge in [0.1, 0.15) is 5.56 Å². The SMILES string of the molecule is Cc1c([N+](=O)[O-])cc(C(=O)NCCCC(=O)N2CCc3ccccc3C2)cc1[N+](=O)[O-]. The smallest absolute Gasteiger partial charge is 0.279 e. The highest BCUT2D eigenvalue weighted by Crippen LogP contribution is 2.29. The van der Waals surface area contributed by atoms with Crippen molar-refractivity contribution in [1.29, 1.82) is 0 Å². The zero-order chi connectivity index (χ0) is 22.5. The summed E-state index contributed by atoms with van der Waals surface area (Å²) in [6, 6.07) is 10.0. The number of nitro benzene ring substituents is 2. The Bertz CT molecular complexity index is 1020. The highest BCUT2D eigenvalue weighted by Gasteiger charge is 2.25. The molecule has 0 bridgehead atoms. The summed E-state index contributed by atoms with van der Waals surface area (Å²) in [6.07, 6.45) is 1.44. The Morgan fingerprint density at radius 2 is 1.68 bits per heavy atom. The maximum atomic E-state index is 12.5. The number of nitrogens with one attached hydrogen (secondary N) is 1. The van der Waals surface area contributed by atoms with E-state index in [0.29, 0.717) is 19.5 Å². The minimum atomic E-state index is -0.755. The molecule has 2 aromatic rings. The van der Waals surface area contributed by atoms with Gasteiger partial charge >= 0.3 is 0 Å². The second-order valence-electron chi connectivity index (χ2n) is 7.35. The Kier molecular flexibility index (Phi) is 6.58. The molecule has 31 heavy (non-hydrogen) atoms. The Balaban J connectivity index is 1.54. The normalized spacial score (nSPS) is 12.7. The van der Waals surface area contributed by atoms with Gasteiger partial charge in [0, 0.05) is 38.2 Å². The summed E-state index contributed by atoms with van der Waals surface area (Å²) in [4.78, 5) is 47.4. The fraction of sp³-hybridized carbons (Fsp3) is 0.333. The highest BCUT2D eigenvalue weighted by molar-refractivity contribution is 5.96. The first-order valence-electron chi connectivity index (χ1n) is 9.84. The average Bonchev–Trinajstić information content (AvgIpc) is 2.75. The van der Waals surface area contributed by atoms with E-state index < -0.39 is 27.1 Å². The molecule has 0 aliphatic carbocycles. The number of rotatable bonds is 7. The fourth-order valence-corrected chi connectivity index (χ4v) is 3.60. The zero-order valence-corrected chi connectivity index (χ0v) is 17.0. The van der Waals surface area contributed by atoms with Gasteiger partial charge in [-0.25, -0.2) is 0 Å². The summed E-state index contributed by atoms with van der Waals surface area (Å²) in [5.41, 5.74) is 1.14. The maximum Gasteiger partial charge on any atom is 0.279 e. The van der Waals surface area contributed by atoms with Crippen LogP contribution in [0.2, 0.25) is 0 Å². The molecule has 0 saturated carbocycles. The van der Waals surface area contributed by atoms with Crippen molar-refractivity contribution in [3.8, 4) is 0 Å². The molecule has 0 saturated heterocycles. The molecule has 1 heterocycles. The van der Waals surface area contributed by atoms with Crippen LogP contribution in [0.4, 0.5) is 11.4 Å². The van der Waals surface area contributed by atoms with Gasteiger partial charge in [0.2, 0.25) is 5.91 Å². The number of fused-ring (bicyclic) bond motifs is 1. The molecule has 0 fully saturated rings. The van der Waals surface area contributed by atoms with E-state index in [0.717, 1.165) is 24.1 Å². The summed E-state index contributed by atoms with van der Waals surface area (Å²) in [5, 5.41) is 24.9. The Morgan fingerprint density at radius 1 is 1.06 bits per heavy atom. The lowest BCUT2D eigenvalue weighted by Crippen LogP contribution is -2.36. The van der Waals surface area contributed by atoms with E-state index in [2.05, 4.69) is 11.4 Å². The van der Waals surface area contributed by atoms with Crippen molar-refractivity contribution in [2.75, 3.05) is 13.1 Å². The van der Waals surface area contributed by atoms with E-state index in [1.54, 1.807) is 4.90 Å². The number of hydrogen-bond donors (Lipinski definition) is 1. The number of carbonyl (C=O) groups is 2. The Morgan fingerprint density at radius 3 is 2.29 bits per heavy atom. The molecule has 1 aliphatic rings. The van der Waals surface area contributed by atoms with Gasteiger partial charge in [-0.3, -0.25) is 29.8 Å². The second-order valence-corrected chi connectivity index (χ2v) is 7.35. The van der Waals surface area contributed by atoms with Crippen LogP contribution in [0, 0.1) is 27.2 Å². The zero-order valence-electron chi connectivity index (χ0n) is 17.0. The molecule has 0 unspecified atom stereocenters. The third-order valence-electron chi connectivity index (χ3n) is 5.34. The molecule has 1 aliphatic heterocycles. The van der Waals surface area contributed by atoms with E-state index in [4.69, 9.17) is 0 Å². The molecular weight excluding hydrogens is 404 g/mol. The molecular formula is C21H22N4O6. The molecule has 10 heteroatoms. The largest absolute Gasteiger partial charge is 0.352 e. The van der Waals surface area contributed by atoms with Crippen molar-refractivity contribution in [2.45, 2.75) is 32.7 Å². The first-order chi connectivity index (χ1) is 14.8. The molecule has 3 rings (SSSR count). The van der Waals surface area contributed by atoms with Crippen molar-refractivity contribution in [3.63, 3.8) is 0 Å². The first kappa shape index (κ1) is 21.9. The third-order valence-corrected chi connectivity index (χ3v) is 5.34. The molecule has 0 aromatic heterocycles. The number of nitrogens with zero attached hydrogens (tertiary/aromatic N) is 3. The minimum Gasteiger partial charge on any atom is -0.352 e. The van der Waals surface area contributed by atoms with Crippen LogP contribution in [0.3, 0.4) is 0 Å². The lowest BCUT2D eigenvalue weighted by atomic mass is 9.99. The summed E-state index contributed by atoms with van der Waals surface area (Å²) in [6.45, 7) is 2.66. The quantitative estimate of drug-likeness (QED) is 0.411. The lowest BCUT2D eigenvalue weighted by Gasteiger charge is -2.29. The number of hydrogen-bond acceptors (Lipinski definition) is 6. The Hall–Kier alpha value is -3.82. The summed E-state index contributed by atoms with van der Waals surface area (Å²) in [7, 11) is 0. The number of carbonyl (C=O) groups excluding carboxylic acids is 2. The molecule has 0 spiro atoms. The third kappa shape index (κ3) is 5.03. The lowest BCUT2D eigenvalue weighted by molar-refractivity contribution is -0.395. The van der Waals surface area contributed by atoms with Crippen LogP contribution < -0.4 is 5.32 Å². The number of benzene rings is 2. The number of nitro groups is 2. The first-order valence-corrected chi connectivity index (χ1v) is 9.84. The van der Waals surface area contributed by atoms with Crippen LogP contribution in [0.1, 0.15) is 39.9 Å². The van der Waals surface area contributed by atoms with Crippen LogP contribution in [0.15, 0.2) is 36.4 Å². The van der Waals surface area contributed by atoms with Gasteiger partial charge in [-0.15, -0.1) is 0 Å². The Labute approximate surface area is 178 Å². The van der Waals surface area contributed by atoms with Gasteiger partial charge in [-0.2, -0.15) is 0 Å².